The Hall–Kier alpha value is -2.37. The van der Waals surface area contributed by atoms with Gasteiger partial charge < -0.3 is 4.90 Å². The number of benzene rings is 1. The van der Waals surface area contributed by atoms with Crippen molar-refractivity contribution in [3.05, 3.63) is 65.5 Å². The van der Waals surface area contributed by atoms with Crippen LogP contribution in [-0.2, 0) is 5.67 Å². The van der Waals surface area contributed by atoms with E-state index in [0.29, 0.717) is 11.6 Å². The van der Waals surface area contributed by atoms with Crippen molar-refractivity contribution in [1.82, 2.24) is 9.88 Å². The minimum absolute atomic E-state index is 0.00666. The molecule has 1 aromatic heterocycles. The van der Waals surface area contributed by atoms with Gasteiger partial charge in [-0.25, -0.2) is 13.2 Å². The van der Waals surface area contributed by atoms with E-state index in [4.69, 9.17) is 0 Å². The van der Waals surface area contributed by atoms with Crippen molar-refractivity contribution in [2.75, 3.05) is 13.1 Å². The first-order valence-electron chi connectivity index (χ1n) is 6.83. The fourth-order valence-corrected chi connectivity index (χ4v) is 2.67. The summed E-state index contributed by atoms with van der Waals surface area (Å²) in [6.07, 6.45) is 2.97. The standard InChI is InChI=1S/C16H13F3N2O/c17-13-7-12(8-14(18)9-13)16(19)3-6-21(10-16)15(22)11-1-4-20-5-2-11/h1-2,4-5,7-9H,3,6,10H2/t16-/m1/s1. The van der Waals surface area contributed by atoms with Gasteiger partial charge in [-0.05, 0) is 29.8 Å². The summed E-state index contributed by atoms with van der Waals surface area (Å²) < 4.78 is 41.5. The number of carbonyl (C=O) groups excluding carboxylic acids is 1. The molecule has 1 amide bonds. The molecule has 0 N–H and O–H groups in total. The zero-order chi connectivity index (χ0) is 15.7. The fourth-order valence-electron chi connectivity index (χ4n) is 2.67. The van der Waals surface area contributed by atoms with Crippen molar-refractivity contribution < 1.29 is 18.0 Å². The van der Waals surface area contributed by atoms with Crippen LogP contribution in [0.1, 0.15) is 22.3 Å². The maximum absolute atomic E-state index is 15.0. The number of hydrogen-bond donors (Lipinski definition) is 0. The third-order valence-corrected chi connectivity index (χ3v) is 3.81. The predicted octanol–water partition coefficient (Wildman–Crippen LogP) is 3.07. The monoisotopic (exact) mass is 306 g/mol. The molecule has 1 fully saturated rings. The number of alkyl halides is 1. The van der Waals surface area contributed by atoms with E-state index < -0.39 is 17.3 Å². The van der Waals surface area contributed by atoms with Crippen LogP contribution < -0.4 is 0 Å². The molecule has 0 spiro atoms. The van der Waals surface area contributed by atoms with Crippen LogP contribution in [0.2, 0.25) is 0 Å². The predicted molar refractivity (Wildman–Crippen MR) is 73.9 cm³/mol. The van der Waals surface area contributed by atoms with E-state index in [1.807, 2.05) is 0 Å². The fraction of sp³-hybridized carbons (Fsp3) is 0.250. The van der Waals surface area contributed by atoms with Gasteiger partial charge in [-0.3, -0.25) is 9.78 Å². The Morgan fingerprint density at radius 3 is 2.41 bits per heavy atom. The highest BCUT2D eigenvalue weighted by molar-refractivity contribution is 5.94. The molecule has 22 heavy (non-hydrogen) atoms. The van der Waals surface area contributed by atoms with Gasteiger partial charge in [-0.2, -0.15) is 0 Å². The largest absolute Gasteiger partial charge is 0.335 e. The minimum atomic E-state index is -1.94. The zero-order valence-corrected chi connectivity index (χ0v) is 11.6. The smallest absolute Gasteiger partial charge is 0.254 e. The highest BCUT2D eigenvalue weighted by atomic mass is 19.1. The van der Waals surface area contributed by atoms with Gasteiger partial charge in [0.25, 0.3) is 5.91 Å². The highest BCUT2D eigenvalue weighted by Crippen LogP contribution is 2.37. The lowest BCUT2D eigenvalue weighted by Crippen LogP contribution is -2.32. The second kappa shape index (κ2) is 5.44. The number of pyridine rings is 1. The van der Waals surface area contributed by atoms with Crippen LogP contribution in [-0.4, -0.2) is 28.9 Å². The third kappa shape index (κ3) is 2.68. The Labute approximate surface area is 125 Å². The Morgan fingerprint density at radius 1 is 1.14 bits per heavy atom. The molecule has 2 aromatic rings. The van der Waals surface area contributed by atoms with Crippen LogP contribution in [0.15, 0.2) is 42.7 Å². The first kappa shape index (κ1) is 14.6. The lowest BCUT2D eigenvalue weighted by molar-refractivity contribution is 0.0750. The number of likely N-dealkylation sites (tertiary alicyclic amines) is 1. The molecular weight excluding hydrogens is 293 g/mol. The molecule has 114 valence electrons. The molecule has 1 saturated heterocycles. The Kier molecular flexibility index (Phi) is 3.60. The molecule has 0 aliphatic carbocycles. The van der Waals surface area contributed by atoms with Crippen LogP contribution in [0.5, 0.6) is 0 Å². The van der Waals surface area contributed by atoms with Crippen molar-refractivity contribution in [3.63, 3.8) is 0 Å². The van der Waals surface area contributed by atoms with Crippen LogP contribution in [0.4, 0.5) is 13.2 Å². The third-order valence-electron chi connectivity index (χ3n) is 3.81. The van der Waals surface area contributed by atoms with Crippen LogP contribution in [0.3, 0.4) is 0 Å². The summed E-state index contributed by atoms with van der Waals surface area (Å²) in [5, 5.41) is 0. The SMILES string of the molecule is O=C(c1ccncc1)N1CC[C@](F)(c2cc(F)cc(F)c2)C1. The van der Waals surface area contributed by atoms with E-state index >= 15 is 0 Å². The number of amides is 1. The summed E-state index contributed by atoms with van der Waals surface area (Å²) >= 11 is 0. The van der Waals surface area contributed by atoms with Gasteiger partial charge in [0, 0.05) is 37.0 Å². The van der Waals surface area contributed by atoms with Gasteiger partial charge in [-0.1, -0.05) is 0 Å². The lowest BCUT2D eigenvalue weighted by Gasteiger charge is -2.21. The van der Waals surface area contributed by atoms with Crippen LogP contribution >= 0.6 is 0 Å². The number of nitrogens with zero attached hydrogens (tertiary/aromatic N) is 2. The molecule has 0 saturated carbocycles. The maximum Gasteiger partial charge on any atom is 0.254 e. The van der Waals surface area contributed by atoms with Gasteiger partial charge in [0.15, 0.2) is 5.67 Å². The Bertz CT molecular complexity index is 688. The summed E-state index contributed by atoms with van der Waals surface area (Å²) in [7, 11) is 0. The van der Waals surface area contributed by atoms with Crippen molar-refractivity contribution in [2.24, 2.45) is 0 Å². The van der Waals surface area contributed by atoms with Gasteiger partial charge >= 0.3 is 0 Å². The molecule has 6 heteroatoms. The molecule has 1 aromatic carbocycles. The summed E-state index contributed by atoms with van der Waals surface area (Å²) in [5.41, 5.74) is -1.61. The van der Waals surface area contributed by atoms with Crippen molar-refractivity contribution in [1.29, 1.82) is 0 Å². The van der Waals surface area contributed by atoms with Gasteiger partial charge in [0.1, 0.15) is 11.6 Å². The lowest BCUT2D eigenvalue weighted by atomic mass is 9.95. The zero-order valence-electron chi connectivity index (χ0n) is 11.6. The van der Waals surface area contributed by atoms with E-state index in [1.54, 1.807) is 12.1 Å². The average Bonchev–Trinajstić information content (AvgIpc) is 2.90. The molecular formula is C16H13F3N2O. The number of aromatic nitrogens is 1. The Morgan fingerprint density at radius 2 is 1.77 bits per heavy atom. The van der Waals surface area contributed by atoms with Gasteiger partial charge in [0.2, 0.25) is 0 Å². The van der Waals surface area contributed by atoms with Gasteiger partial charge in [-0.15, -0.1) is 0 Å². The number of halogens is 3. The Balaban J connectivity index is 1.83. The number of rotatable bonds is 2. The molecule has 0 radical (unpaired) electrons. The topological polar surface area (TPSA) is 33.2 Å². The molecule has 1 aliphatic heterocycles. The van der Waals surface area contributed by atoms with Crippen molar-refractivity contribution in [3.8, 4) is 0 Å². The first-order chi connectivity index (χ1) is 10.5. The number of hydrogen-bond acceptors (Lipinski definition) is 2. The summed E-state index contributed by atoms with van der Waals surface area (Å²) in [6.45, 7) is -0.0349. The minimum Gasteiger partial charge on any atom is -0.335 e. The molecule has 1 aliphatic rings. The van der Waals surface area contributed by atoms with E-state index in [2.05, 4.69) is 4.98 Å². The maximum atomic E-state index is 15.0. The molecule has 0 bridgehead atoms. The normalized spacial score (nSPS) is 21.1. The second-order valence-electron chi connectivity index (χ2n) is 5.34. The van der Waals surface area contributed by atoms with Gasteiger partial charge in [0.05, 0.1) is 6.54 Å². The quantitative estimate of drug-likeness (QED) is 0.854. The molecule has 3 rings (SSSR count). The molecule has 3 nitrogen and oxygen atoms in total. The summed E-state index contributed by atoms with van der Waals surface area (Å²) in [4.78, 5) is 17.5. The van der Waals surface area contributed by atoms with E-state index in [9.17, 15) is 18.0 Å². The average molecular weight is 306 g/mol. The van der Waals surface area contributed by atoms with E-state index in [1.165, 1.54) is 17.3 Å². The highest BCUT2D eigenvalue weighted by Gasteiger charge is 2.42. The molecule has 0 unspecified atom stereocenters. The second-order valence-corrected chi connectivity index (χ2v) is 5.34. The summed E-state index contributed by atoms with van der Waals surface area (Å²) in [6, 6.07) is 5.74. The van der Waals surface area contributed by atoms with Crippen LogP contribution in [0, 0.1) is 11.6 Å². The molecule has 1 atom stereocenters. The summed E-state index contributed by atoms with van der Waals surface area (Å²) in [5.74, 6) is -1.98. The van der Waals surface area contributed by atoms with E-state index in [0.717, 1.165) is 12.1 Å². The van der Waals surface area contributed by atoms with Crippen molar-refractivity contribution in [2.45, 2.75) is 12.1 Å². The van der Waals surface area contributed by atoms with Crippen LogP contribution in [0.25, 0.3) is 0 Å². The van der Waals surface area contributed by atoms with Crippen molar-refractivity contribution >= 4 is 5.91 Å². The first-order valence-corrected chi connectivity index (χ1v) is 6.83. The van der Waals surface area contributed by atoms with E-state index in [-0.39, 0.29) is 31.0 Å². The molecule has 2 heterocycles. The number of carbonyl (C=O) groups is 1.